The lowest BCUT2D eigenvalue weighted by Gasteiger charge is -2.36. The van der Waals surface area contributed by atoms with Gasteiger partial charge < -0.3 is 14.4 Å². The van der Waals surface area contributed by atoms with Gasteiger partial charge in [0.2, 0.25) is 0 Å². The summed E-state index contributed by atoms with van der Waals surface area (Å²) in [5, 5.41) is 0. The number of carbonyl (C=O) groups excluding carboxylic acids is 1. The van der Waals surface area contributed by atoms with E-state index in [2.05, 4.69) is 28.9 Å². The van der Waals surface area contributed by atoms with Crippen molar-refractivity contribution in [3.05, 3.63) is 24.3 Å². The summed E-state index contributed by atoms with van der Waals surface area (Å²) >= 11 is 0. The average molecular weight is 363 g/mol. The highest BCUT2D eigenvalue weighted by Gasteiger charge is 2.19. The van der Waals surface area contributed by atoms with Crippen LogP contribution >= 0.6 is 0 Å². The molecular weight excluding hydrogens is 328 g/mol. The molecule has 0 radical (unpaired) electrons. The van der Waals surface area contributed by atoms with Gasteiger partial charge in [-0.1, -0.05) is 31.9 Å². The Morgan fingerprint density at radius 1 is 1.15 bits per heavy atom. The number of methoxy groups -OCH3 is 1. The van der Waals surface area contributed by atoms with Crippen LogP contribution in [-0.4, -0.2) is 57.3 Å². The second-order valence-electron chi connectivity index (χ2n) is 7.11. The zero-order valence-electron chi connectivity index (χ0n) is 16.6. The van der Waals surface area contributed by atoms with Crippen molar-refractivity contribution in [3.8, 4) is 5.75 Å². The highest BCUT2D eigenvalue weighted by atomic mass is 16.5. The van der Waals surface area contributed by atoms with Crippen LogP contribution in [0, 0.1) is 5.92 Å². The Morgan fingerprint density at radius 3 is 2.58 bits per heavy atom. The van der Waals surface area contributed by atoms with Crippen molar-refractivity contribution in [1.29, 1.82) is 0 Å². The lowest BCUT2D eigenvalue weighted by molar-refractivity contribution is -0.144. The summed E-state index contributed by atoms with van der Waals surface area (Å²) in [6.45, 7) is 9.89. The first-order valence-corrected chi connectivity index (χ1v) is 9.90. The third-order valence-electron chi connectivity index (χ3n) is 5.04. The second-order valence-corrected chi connectivity index (χ2v) is 7.11. The van der Waals surface area contributed by atoms with Crippen molar-refractivity contribution in [2.24, 2.45) is 5.92 Å². The summed E-state index contributed by atoms with van der Waals surface area (Å²) < 4.78 is 10.5. The molecule has 2 rings (SSSR count). The number of anilines is 1. The van der Waals surface area contributed by atoms with E-state index in [0.29, 0.717) is 18.9 Å². The number of piperazine rings is 1. The third kappa shape index (κ3) is 6.52. The highest BCUT2D eigenvalue weighted by molar-refractivity contribution is 5.69. The van der Waals surface area contributed by atoms with Crippen molar-refractivity contribution in [2.45, 2.75) is 39.5 Å². The highest BCUT2D eigenvalue weighted by Crippen LogP contribution is 2.28. The molecular formula is C21H34N2O3. The minimum atomic E-state index is -0.0625. The van der Waals surface area contributed by atoms with E-state index in [1.54, 1.807) is 7.11 Å². The minimum Gasteiger partial charge on any atom is -0.495 e. The maximum absolute atomic E-state index is 11.5. The number of para-hydroxylation sites is 2. The fourth-order valence-electron chi connectivity index (χ4n) is 3.54. The number of hydrogen-bond donors (Lipinski definition) is 0. The van der Waals surface area contributed by atoms with Gasteiger partial charge in [-0.25, -0.2) is 0 Å². The standard InChI is InChI=1S/C21H34N2O3/c1-4-26-21(24)17-18(2)9-7-8-12-22-13-15-23(16-14-22)19-10-5-6-11-20(19)25-3/h5-6,10-11,18H,4,7-9,12-17H2,1-3H3. The van der Waals surface area contributed by atoms with Crippen molar-refractivity contribution >= 4 is 11.7 Å². The van der Waals surface area contributed by atoms with E-state index < -0.39 is 0 Å². The Hall–Kier alpha value is -1.75. The molecule has 1 aromatic rings. The molecule has 1 aliphatic heterocycles. The first-order chi connectivity index (χ1) is 12.6. The van der Waals surface area contributed by atoms with Crippen molar-refractivity contribution in [1.82, 2.24) is 4.90 Å². The lowest BCUT2D eigenvalue weighted by atomic mass is 10.0. The summed E-state index contributed by atoms with van der Waals surface area (Å²) in [6, 6.07) is 8.25. The summed E-state index contributed by atoms with van der Waals surface area (Å²) in [5.74, 6) is 1.31. The van der Waals surface area contributed by atoms with Gasteiger partial charge in [-0.15, -0.1) is 0 Å². The molecule has 146 valence electrons. The van der Waals surface area contributed by atoms with E-state index >= 15 is 0 Å². The molecule has 0 N–H and O–H groups in total. The Kier molecular flexibility index (Phi) is 8.75. The van der Waals surface area contributed by atoms with Crippen molar-refractivity contribution < 1.29 is 14.3 Å². The third-order valence-corrected chi connectivity index (χ3v) is 5.04. The van der Waals surface area contributed by atoms with Gasteiger partial charge in [-0.05, 0) is 37.9 Å². The molecule has 5 nitrogen and oxygen atoms in total. The van der Waals surface area contributed by atoms with Gasteiger partial charge in [-0.3, -0.25) is 9.69 Å². The smallest absolute Gasteiger partial charge is 0.306 e. The molecule has 0 spiro atoms. The van der Waals surface area contributed by atoms with Crippen molar-refractivity contribution in [2.75, 3.05) is 51.3 Å². The topological polar surface area (TPSA) is 42.0 Å². The van der Waals surface area contributed by atoms with Crippen LogP contribution in [0.4, 0.5) is 5.69 Å². The summed E-state index contributed by atoms with van der Waals surface area (Å²) in [4.78, 5) is 16.4. The molecule has 1 unspecified atom stereocenters. The maximum Gasteiger partial charge on any atom is 0.306 e. The minimum absolute atomic E-state index is 0.0625. The molecule has 1 fully saturated rings. The number of hydrogen-bond acceptors (Lipinski definition) is 5. The van der Waals surface area contributed by atoms with Crippen LogP contribution < -0.4 is 9.64 Å². The number of rotatable bonds is 10. The fourth-order valence-corrected chi connectivity index (χ4v) is 3.54. The molecule has 5 heteroatoms. The number of unbranched alkanes of at least 4 members (excludes halogenated alkanes) is 1. The molecule has 0 aromatic heterocycles. The Morgan fingerprint density at radius 2 is 1.88 bits per heavy atom. The quantitative estimate of drug-likeness (QED) is 0.470. The van der Waals surface area contributed by atoms with Gasteiger partial charge in [0.1, 0.15) is 5.75 Å². The molecule has 0 amide bonds. The molecule has 0 aliphatic carbocycles. The number of ether oxygens (including phenoxy) is 2. The predicted octanol–water partition coefficient (Wildman–Crippen LogP) is 3.58. The van der Waals surface area contributed by atoms with Gasteiger partial charge in [0.05, 0.1) is 19.4 Å². The molecule has 1 saturated heterocycles. The number of benzene rings is 1. The normalized spacial score (nSPS) is 16.3. The number of nitrogens with zero attached hydrogens (tertiary/aromatic N) is 2. The first kappa shape index (κ1) is 20.6. The van der Waals surface area contributed by atoms with Crippen LogP contribution in [0.1, 0.15) is 39.5 Å². The van der Waals surface area contributed by atoms with Gasteiger partial charge in [0.25, 0.3) is 0 Å². The van der Waals surface area contributed by atoms with Crippen LogP contribution in [0.25, 0.3) is 0 Å². The Bertz CT molecular complexity index is 542. The van der Waals surface area contributed by atoms with Crippen LogP contribution in [0.2, 0.25) is 0 Å². The van der Waals surface area contributed by atoms with E-state index in [1.807, 2.05) is 19.1 Å². The maximum atomic E-state index is 11.5. The molecule has 26 heavy (non-hydrogen) atoms. The Balaban J connectivity index is 1.63. The lowest BCUT2D eigenvalue weighted by Crippen LogP contribution is -2.46. The molecule has 1 aliphatic rings. The monoisotopic (exact) mass is 362 g/mol. The van der Waals surface area contributed by atoms with E-state index in [9.17, 15) is 4.79 Å². The predicted molar refractivity (Wildman–Crippen MR) is 106 cm³/mol. The molecule has 0 bridgehead atoms. The fraction of sp³-hybridized carbons (Fsp3) is 0.667. The number of carbonyl (C=O) groups is 1. The van der Waals surface area contributed by atoms with Crippen LogP contribution in [0.15, 0.2) is 24.3 Å². The summed E-state index contributed by atoms with van der Waals surface area (Å²) in [5.41, 5.74) is 1.20. The largest absolute Gasteiger partial charge is 0.495 e. The van der Waals surface area contributed by atoms with Crippen LogP contribution in [-0.2, 0) is 9.53 Å². The van der Waals surface area contributed by atoms with E-state index in [0.717, 1.165) is 44.9 Å². The average Bonchev–Trinajstić information content (AvgIpc) is 2.66. The van der Waals surface area contributed by atoms with Gasteiger partial charge >= 0.3 is 5.97 Å². The van der Waals surface area contributed by atoms with Crippen LogP contribution in [0.3, 0.4) is 0 Å². The summed E-state index contributed by atoms with van der Waals surface area (Å²) in [7, 11) is 1.73. The van der Waals surface area contributed by atoms with Gasteiger partial charge in [-0.2, -0.15) is 0 Å². The first-order valence-electron chi connectivity index (χ1n) is 9.90. The molecule has 1 atom stereocenters. The van der Waals surface area contributed by atoms with E-state index in [-0.39, 0.29) is 5.97 Å². The van der Waals surface area contributed by atoms with Gasteiger partial charge in [0, 0.05) is 32.6 Å². The Labute approximate surface area is 158 Å². The van der Waals surface area contributed by atoms with E-state index in [4.69, 9.17) is 9.47 Å². The SMILES string of the molecule is CCOC(=O)CC(C)CCCCN1CCN(c2ccccc2OC)CC1. The zero-order chi connectivity index (χ0) is 18.8. The van der Waals surface area contributed by atoms with Crippen molar-refractivity contribution in [3.63, 3.8) is 0 Å². The zero-order valence-corrected chi connectivity index (χ0v) is 16.6. The van der Waals surface area contributed by atoms with Gasteiger partial charge in [0.15, 0.2) is 0 Å². The molecule has 1 heterocycles. The molecule has 1 aromatic carbocycles. The second kappa shape index (κ2) is 11.1. The molecule has 0 saturated carbocycles. The number of esters is 1. The van der Waals surface area contributed by atoms with E-state index in [1.165, 1.54) is 18.5 Å². The van der Waals surface area contributed by atoms with Crippen LogP contribution in [0.5, 0.6) is 5.75 Å². The summed E-state index contributed by atoms with van der Waals surface area (Å²) in [6.07, 6.45) is 4.01.